The van der Waals surface area contributed by atoms with Gasteiger partial charge in [0.05, 0.1) is 6.54 Å². The summed E-state index contributed by atoms with van der Waals surface area (Å²) in [7, 11) is 0. The van der Waals surface area contributed by atoms with Gasteiger partial charge in [-0.1, -0.05) is 30.3 Å². The molecular formula is C14H17F3N2O2. The number of carbonyl (C=O) groups excluding carboxylic acids is 1. The fourth-order valence-corrected chi connectivity index (χ4v) is 2.09. The van der Waals surface area contributed by atoms with Gasteiger partial charge < -0.3 is 15.4 Å². The molecule has 0 atom stereocenters. The summed E-state index contributed by atoms with van der Waals surface area (Å²) in [5, 5.41) is 5.03. The number of halogens is 3. The summed E-state index contributed by atoms with van der Waals surface area (Å²) in [6.45, 7) is -0.821. The van der Waals surface area contributed by atoms with E-state index in [0.717, 1.165) is 5.56 Å². The van der Waals surface area contributed by atoms with E-state index >= 15 is 0 Å². The second kappa shape index (κ2) is 6.80. The number of carbonyl (C=O) groups is 1. The molecule has 2 N–H and O–H groups in total. The van der Waals surface area contributed by atoms with Gasteiger partial charge in [-0.05, 0) is 18.4 Å². The second-order valence-corrected chi connectivity index (χ2v) is 5.07. The van der Waals surface area contributed by atoms with Crippen molar-refractivity contribution in [3.05, 3.63) is 35.9 Å². The minimum atomic E-state index is -4.20. The minimum Gasteiger partial charge on any atom is -0.445 e. The average Bonchev–Trinajstić information content (AvgIpc) is 2.39. The van der Waals surface area contributed by atoms with Gasteiger partial charge in [-0.2, -0.15) is 13.2 Å². The van der Waals surface area contributed by atoms with Crippen molar-refractivity contribution < 1.29 is 22.7 Å². The predicted octanol–water partition coefficient (Wildman–Crippen LogP) is 2.60. The van der Waals surface area contributed by atoms with Gasteiger partial charge >= 0.3 is 12.3 Å². The van der Waals surface area contributed by atoms with Crippen LogP contribution in [-0.2, 0) is 11.3 Å². The molecule has 1 fully saturated rings. The van der Waals surface area contributed by atoms with Crippen molar-refractivity contribution in [2.24, 2.45) is 0 Å². The SMILES string of the molecule is O=C(NC1CC(NCC(F)(F)F)C1)OCc1ccccc1. The number of alkyl carbamates (subject to hydrolysis) is 1. The molecule has 0 unspecified atom stereocenters. The highest BCUT2D eigenvalue weighted by Gasteiger charge is 2.34. The van der Waals surface area contributed by atoms with Gasteiger partial charge in [-0.25, -0.2) is 4.79 Å². The first kappa shape index (κ1) is 15.6. The first-order valence-corrected chi connectivity index (χ1v) is 6.70. The van der Waals surface area contributed by atoms with E-state index in [1.165, 1.54) is 0 Å². The monoisotopic (exact) mass is 302 g/mol. The Kier molecular flexibility index (Phi) is 5.06. The lowest BCUT2D eigenvalue weighted by Crippen LogP contribution is -2.53. The Morgan fingerprint density at radius 2 is 1.86 bits per heavy atom. The van der Waals surface area contributed by atoms with Crippen LogP contribution in [0, 0.1) is 0 Å². The summed E-state index contributed by atoms with van der Waals surface area (Å²) in [4.78, 5) is 11.5. The van der Waals surface area contributed by atoms with E-state index in [2.05, 4.69) is 10.6 Å². The minimum absolute atomic E-state index is 0.126. The standard InChI is InChI=1S/C14H17F3N2O2/c15-14(16,17)9-18-11-6-12(7-11)19-13(20)21-8-10-4-2-1-3-5-10/h1-5,11-12,18H,6-9H2,(H,19,20). The van der Waals surface area contributed by atoms with Gasteiger partial charge in [0.15, 0.2) is 0 Å². The summed E-state index contributed by atoms with van der Waals surface area (Å²) in [5.74, 6) is 0. The molecule has 1 saturated carbocycles. The maximum Gasteiger partial charge on any atom is 0.407 e. The van der Waals surface area contributed by atoms with Crippen LogP contribution in [0.5, 0.6) is 0 Å². The van der Waals surface area contributed by atoms with Crippen LogP contribution in [0.1, 0.15) is 18.4 Å². The summed E-state index contributed by atoms with van der Waals surface area (Å²) in [6.07, 6.45) is -3.78. The van der Waals surface area contributed by atoms with Crippen LogP contribution in [0.15, 0.2) is 30.3 Å². The van der Waals surface area contributed by atoms with Crippen LogP contribution < -0.4 is 10.6 Å². The molecule has 1 aromatic rings. The van der Waals surface area contributed by atoms with Crippen molar-refractivity contribution in [3.63, 3.8) is 0 Å². The topological polar surface area (TPSA) is 50.4 Å². The second-order valence-electron chi connectivity index (χ2n) is 5.07. The van der Waals surface area contributed by atoms with Gasteiger partial charge in [-0.15, -0.1) is 0 Å². The molecule has 0 radical (unpaired) electrons. The Balaban J connectivity index is 1.58. The van der Waals surface area contributed by atoms with E-state index in [1.54, 1.807) is 0 Å². The third-order valence-corrected chi connectivity index (χ3v) is 3.26. The molecule has 4 nitrogen and oxygen atoms in total. The van der Waals surface area contributed by atoms with E-state index in [1.807, 2.05) is 30.3 Å². The quantitative estimate of drug-likeness (QED) is 0.879. The Morgan fingerprint density at radius 1 is 1.19 bits per heavy atom. The molecule has 1 aliphatic carbocycles. The van der Waals surface area contributed by atoms with E-state index in [0.29, 0.717) is 12.8 Å². The van der Waals surface area contributed by atoms with Gasteiger partial charge in [0.25, 0.3) is 0 Å². The van der Waals surface area contributed by atoms with E-state index in [-0.39, 0.29) is 18.7 Å². The van der Waals surface area contributed by atoms with Crippen molar-refractivity contribution in [1.29, 1.82) is 0 Å². The maximum absolute atomic E-state index is 12.0. The molecule has 0 spiro atoms. The molecule has 0 saturated heterocycles. The molecule has 7 heteroatoms. The summed E-state index contributed by atoms with van der Waals surface area (Å²) in [6, 6.07) is 8.91. The number of amides is 1. The lowest BCUT2D eigenvalue weighted by atomic mass is 9.87. The summed E-state index contributed by atoms with van der Waals surface area (Å²) >= 11 is 0. The Bertz CT molecular complexity index is 459. The number of ether oxygens (including phenoxy) is 1. The molecule has 0 heterocycles. The van der Waals surface area contributed by atoms with E-state index < -0.39 is 18.8 Å². The number of benzene rings is 1. The third-order valence-electron chi connectivity index (χ3n) is 3.26. The molecule has 116 valence electrons. The highest BCUT2D eigenvalue weighted by Crippen LogP contribution is 2.22. The van der Waals surface area contributed by atoms with E-state index in [9.17, 15) is 18.0 Å². The van der Waals surface area contributed by atoms with Crippen LogP contribution in [0.2, 0.25) is 0 Å². The zero-order valence-corrected chi connectivity index (χ0v) is 11.3. The number of rotatable bonds is 5. The lowest BCUT2D eigenvalue weighted by molar-refractivity contribution is -0.127. The zero-order chi connectivity index (χ0) is 15.3. The number of nitrogens with one attached hydrogen (secondary N) is 2. The summed E-state index contributed by atoms with van der Waals surface area (Å²) < 4.78 is 41.0. The fraction of sp³-hybridized carbons (Fsp3) is 0.500. The molecule has 1 amide bonds. The van der Waals surface area contributed by atoms with Crippen molar-refractivity contribution in [2.45, 2.75) is 37.7 Å². The predicted molar refractivity (Wildman–Crippen MR) is 70.6 cm³/mol. The van der Waals surface area contributed by atoms with Gasteiger partial charge in [-0.3, -0.25) is 0 Å². The molecule has 0 bridgehead atoms. The lowest BCUT2D eigenvalue weighted by Gasteiger charge is -2.36. The van der Waals surface area contributed by atoms with Crippen molar-refractivity contribution >= 4 is 6.09 Å². The van der Waals surface area contributed by atoms with Crippen LogP contribution in [0.25, 0.3) is 0 Å². The van der Waals surface area contributed by atoms with Crippen LogP contribution >= 0.6 is 0 Å². The molecule has 1 aromatic carbocycles. The fourth-order valence-electron chi connectivity index (χ4n) is 2.09. The first-order chi connectivity index (χ1) is 9.92. The van der Waals surface area contributed by atoms with Crippen molar-refractivity contribution in [3.8, 4) is 0 Å². The van der Waals surface area contributed by atoms with Crippen molar-refractivity contribution in [2.75, 3.05) is 6.54 Å². The molecular weight excluding hydrogens is 285 g/mol. The molecule has 0 aliphatic heterocycles. The van der Waals surface area contributed by atoms with Crippen molar-refractivity contribution in [1.82, 2.24) is 10.6 Å². The molecule has 0 aromatic heterocycles. The first-order valence-electron chi connectivity index (χ1n) is 6.70. The van der Waals surface area contributed by atoms with Crippen LogP contribution in [0.3, 0.4) is 0 Å². The molecule has 2 rings (SSSR count). The van der Waals surface area contributed by atoms with Crippen LogP contribution in [-0.4, -0.2) is 30.9 Å². The average molecular weight is 302 g/mol. The maximum atomic E-state index is 12.0. The smallest absolute Gasteiger partial charge is 0.407 e. The van der Waals surface area contributed by atoms with Crippen LogP contribution in [0.4, 0.5) is 18.0 Å². The van der Waals surface area contributed by atoms with Gasteiger partial charge in [0.1, 0.15) is 6.61 Å². The zero-order valence-electron chi connectivity index (χ0n) is 11.3. The number of hydrogen-bond acceptors (Lipinski definition) is 3. The summed E-state index contributed by atoms with van der Waals surface area (Å²) in [5.41, 5.74) is 0.881. The Morgan fingerprint density at radius 3 is 2.48 bits per heavy atom. The Labute approximate surface area is 120 Å². The Hall–Kier alpha value is -1.76. The highest BCUT2D eigenvalue weighted by atomic mass is 19.4. The molecule has 21 heavy (non-hydrogen) atoms. The van der Waals surface area contributed by atoms with Gasteiger partial charge in [0.2, 0.25) is 0 Å². The van der Waals surface area contributed by atoms with E-state index in [4.69, 9.17) is 4.74 Å². The third kappa shape index (κ3) is 5.63. The van der Waals surface area contributed by atoms with Gasteiger partial charge in [0, 0.05) is 12.1 Å². The highest BCUT2D eigenvalue weighted by molar-refractivity contribution is 5.67. The normalized spacial score (nSPS) is 21.5. The molecule has 1 aliphatic rings. The number of alkyl halides is 3. The largest absolute Gasteiger partial charge is 0.445 e. The number of hydrogen-bond donors (Lipinski definition) is 2.